The quantitative estimate of drug-likeness (QED) is 0.793. The normalized spacial score (nSPS) is 11.2. The summed E-state index contributed by atoms with van der Waals surface area (Å²) in [6.07, 6.45) is 0. The molecule has 0 spiro atoms. The molecule has 0 fully saturated rings. The molecule has 2 aromatic carbocycles. The first kappa shape index (κ1) is 20.5. The SMILES string of the molecule is COc1cc(NC(=O)c2ccc(C(C)(C)C)cc2)ccc1NC(=O)C(C)C. The van der Waals surface area contributed by atoms with Crippen LogP contribution < -0.4 is 15.4 Å². The molecular formula is C22H28N2O3. The van der Waals surface area contributed by atoms with Gasteiger partial charge in [0.2, 0.25) is 5.91 Å². The molecule has 2 N–H and O–H groups in total. The first-order valence-corrected chi connectivity index (χ1v) is 9.02. The minimum atomic E-state index is -0.198. The van der Waals surface area contributed by atoms with Crippen LogP contribution in [0.3, 0.4) is 0 Å². The van der Waals surface area contributed by atoms with Gasteiger partial charge in [-0.1, -0.05) is 46.8 Å². The van der Waals surface area contributed by atoms with Crippen LogP contribution in [0.2, 0.25) is 0 Å². The Labute approximate surface area is 161 Å². The van der Waals surface area contributed by atoms with Gasteiger partial charge >= 0.3 is 0 Å². The number of anilines is 2. The van der Waals surface area contributed by atoms with Crippen LogP contribution in [0.4, 0.5) is 11.4 Å². The van der Waals surface area contributed by atoms with E-state index in [4.69, 9.17) is 4.74 Å². The van der Waals surface area contributed by atoms with Crippen LogP contribution in [-0.2, 0) is 10.2 Å². The van der Waals surface area contributed by atoms with Crippen molar-refractivity contribution in [3.05, 3.63) is 53.6 Å². The lowest BCUT2D eigenvalue weighted by atomic mass is 9.87. The van der Waals surface area contributed by atoms with E-state index < -0.39 is 0 Å². The maximum absolute atomic E-state index is 12.5. The third-order valence-corrected chi connectivity index (χ3v) is 4.25. The molecule has 0 aliphatic carbocycles. The maximum atomic E-state index is 12.5. The van der Waals surface area contributed by atoms with E-state index in [-0.39, 0.29) is 23.1 Å². The number of nitrogens with one attached hydrogen (secondary N) is 2. The molecule has 0 unspecified atom stereocenters. The van der Waals surface area contributed by atoms with Crippen LogP contribution in [0, 0.1) is 5.92 Å². The number of benzene rings is 2. The fourth-order valence-corrected chi connectivity index (χ4v) is 2.47. The van der Waals surface area contributed by atoms with Crippen molar-refractivity contribution in [1.82, 2.24) is 0 Å². The summed E-state index contributed by atoms with van der Waals surface area (Å²) in [5.41, 5.74) is 2.96. The Balaban J connectivity index is 2.14. The standard InChI is InChI=1S/C22H28N2O3/c1-14(2)20(25)24-18-12-11-17(13-19(18)27-6)23-21(26)15-7-9-16(10-8-15)22(3,4)5/h7-14H,1-6H3,(H,23,26)(H,24,25). The highest BCUT2D eigenvalue weighted by atomic mass is 16.5. The fourth-order valence-electron chi connectivity index (χ4n) is 2.47. The molecule has 0 aromatic heterocycles. The first-order chi connectivity index (χ1) is 12.6. The van der Waals surface area contributed by atoms with Gasteiger partial charge in [0.15, 0.2) is 0 Å². The van der Waals surface area contributed by atoms with Crippen molar-refractivity contribution < 1.29 is 14.3 Å². The van der Waals surface area contributed by atoms with Crippen molar-refractivity contribution in [3.8, 4) is 5.75 Å². The number of rotatable bonds is 5. The Hall–Kier alpha value is -2.82. The highest BCUT2D eigenvalue weighted by molar-refractivity contribution is 6.04. The highest BCUT2D eigenvalue weighted by Gasteiger charge is 2.15. The summed E-state index contributed by atoms with van der Waals surface area (Å²) in [4.78, 5) is 24.4. The van der Waals surface area contributed by atoms with Crippen LogP contribution in [0.25, 0.3) is 0 Å². The van der Waals surface area contributed by atoms with E-state index >= 15 is 0 Å². The third kappa shape index (κ3) is 5.33. The number of hydrogen-bond acceptors (Lipinski definition) is 3. The summed E-state index contributed by atoms with van der Waals surface area (Å²) in [7, 11) is 1.52. The van der Waals surface area contributed by atoms with E-state index in [1.807, 2.05) is 38.1 Å². The van der Waals surface area contributed by atoms with Gasteiger partial charge in [0.05, 0.1) is 12.8 Å². The van der Waals surface area contributed by atoms with E-state index in [9.17, 15) is 9.59 Å². The van der Waals surface area contributed by atoms with E-state index in [1.54, 1.807) is 18.2 Å². The monoisotopic (exact) mass is 368 g/mol. The van der Waals surface area contributed by atoms with Gasteiger partial charge in [0.25, 0.3) is 5.91 Å². The molecule has 0 atom stereocenters. The van der Waals surface area contributed by atoms with E-state index in [1.165, 1.54) is 12.7 Å². The topological polar surface area (TPSA) is 67.4 Å². The number of hydrogen-bond donors (Lipinski definition) is 2. The van der Waals surface area contributed by atoms with Gasteiger partial charge in [-0.05, 0) is 35.2 Å². The largest absolute Gasteiger partial charge is 0.494 e. The van der Waals surface area contributed by atoms with Crippen molar-refractivity contribution in [1.29, 1.82) is 0 Å². The van der Waals surface area contributed by atoms with E-state index in [0.717, 1.165) is 0 Å². The number of ether oxygens (including phenoxy) is 1. The van der Waals surface area contributed by atoms with Crippen molar-refractivity contribution in [2.75, 3.05) is 17.7 Å². The Morgan fingerprint density at radius 3 is 2.11 bits per heavy atom. The molecule has 0 heterocycles. The van der Waals surface area contributed by atoms with E-state index in [0.29, 0.717) is 22.7 Å². The lowest BCUT2D eigenvalue weighted by molar-refractivity contribution is -0.118. The molecule has 0 radical (unpaired) electrons. The van der Waals surface area contributed by atoms with Crippen molar-refractivity contribution >= 4 is 23.2 Å². The van der Waals surface area contributed by atoms with E-state index in [2.05, 4.69) is 31.4 Å². The fraction of sp³-hybridized carbons (Fsp3) is 0.364. The molecule has 5 nitrogen and oxygen atoms in total. The van der Waals surface area contributed by atoms with Crippen LogP contribution in [0.15, 0.2) is 42.5 Å². The van der Waals surface area contributed by atoms with Gasteiger partial charge in [0.1, 0.15) is 5.75 Å². The molecule has 144 valence electrons. The number of amides is 2. The second kappa shape index (κ2) is 8.25. The van der Waals surface area contributed by atoms with Crippen molar-refractivity contribution in [3.63, 3.8) is 0 Å². The molecule has 2 amide bonds. The second-order valence-corrected chi connectivity index (χ2v) is 7.84. The van der Waals surface area contributed by atoms with Gasteiger partial charge in [-0.15, -0.1) is 0 Å². The lowest BCUT2D eigenvalue weighted by Gasteiger charge is -2.19. The van der Waals surface area contributed by atoms with Crippen LogP contribution in [-0.4, -0.2) is 18.9 Å². The number of carbonyl (C=O) groups is 2. The minimum Gasteiger partial charge on any atom is -0.494 e. The maximum Gasteiger partial charge on any atom is 0.255 e. The Morgan fingerprint density at radius 2 is 1.59 bits per heavy atom. The molecule has 0 saturated carbocycles. The summed E-state index contributed by atoms with van der Waals surface area (Å²) < 4.78 is 5.34. The predicted octanol–water partition coefficient (Wildman–Crippen LogP) is 4.84. The highest BCUT2D eigenvalue weighted by Crippen LogP contribution is 2.29. The number of methoxy groups -OCH3 is 1. The van der Waals surface area contributed by atoms with Crippen LogP contribution in [0.1, 0.15) is 50.5 Å². The first-order valence-electron chi connectivity index (χ1n) is 9.02. The molecule has 2 aromatic rings. The lowest BCUT2D eigenvalue weighted by Crippen LogP contribution is -2.18. The molecule has 0 aliphatic rings. The molecule has 27 heavy (non-hydrogen) atoms. The predicted molar refractivity (Wildman–Crippen MR) is 110 cm³/mol. The average Bonchev–Trinajstić information content (AvgIpc) is 2.62. The smallest absolute Gasteiger partial charge is 0.255 e. The zero-order valence-electron chi connectivity index (χ0n) is 16.8. The molecule has 5 heteroatoms. The Kier molecular flexibility index (Phi) is 6.26. The summed E-state index contributed by atoms with van der Waals surface area (Å²) in [6, 6.07) is 12.7. The van der Waals surface area contributed by atoms with Gasteiger partial charge in [-0.2, -0.15) is 0 Å². The minimum absolute atomic E-state index is 0.0403. The Bertz CT molecular complexity index is 818. The van der Waals surface area contributed by atoms with Crippen molar-refractivity contribution in [2.45, 2.75) is 40.0 Å². The van der Waals surface area contributed by atoms with Crippen LogP contribution in [0.5, 0.6) is 5.75 Å². The zero-order chi connectivity index (χ0) is 20.2. The summed E-state index contributed by atoms with van der Waals surface area (Å²) in [6.45, 7) is 10.0. The summed E-state index contributed by atoms with van der Waals surface area (Å²) in [5.74, 6) is 0.0653. The third-order valence-electron chi connectivity index (χ3n) is 4.25. The molecule has 0 aliphatic heterocycles. The molecule has 0 bridgehead atoms. The second-order valence-electron chi connectivity index (χ2n) is 7.84. The van der Waals surface area contributed by atoms with Gasteiger partial charge in [0, 0.05) is 23.2 Å². The summed E-state index contributed by atoms with van der Waals surface area (Å²) in [5, 5.41) is 5.68. The molecule has 2 rings (SSSR count). The Morgan fingerprint density at radius 1 is 0.963 bits per heavy atom. The van der Waals surface area contributed by atoms with Gasteiger partial charge < -0.3 is 15.4 Å². The molecule has 0 saturated heterocycles. The van der Waals surface area contributed by atoms with Gasteiger partial charge in [-0.25, -0.2) is 0 Å². The van der Waals surface area contributed by atoms with Gasteiger partial charge in [-0.3, -0.25) is 9.59 Å². The van der Waals surface area contributed by atoms with Crippen molar-refractivity contribution in [2.24, 2.45) is 5.92 Å². The zero-order valence-corrected chi connectivity index (χ0v) is 16.8. The average molecular weight is 368 g/mol. The van der Waals surface area contributed by atoms with Crippen LogP contribution >= 0.6 is 0 Å². The summed E-state index contributed by atoms with van der Waals surface area (Å²) >= 11 is 0. The molecular weight excluding hydrogens is 340 g/mol. The number of carbonyl (C=O) groups excluding carboxylic acids is 2.